The minimum absolute atomic E-state index is 0.126. The Morgan fingerprint density at radius 1 is 1.33 bits per heavy atom. The van der Waals surface area contributed by atoms with Crippen LogP contribution < -0.4 is 0 Å². The third kappa shape index (κ3) is 3.53. The largest absolute Gasteiger partial charge is 0.224 e. The lowest BCUT2D eigenvalue weighted by molar-refractivity contribution is 0.567. The summed E-state index contributed by atoms with van der Waals surface area (Å²) < 4.78 is 36.7. The molecule has 1 rings (SSSR count). The minimum Gasteiger partial charge on any atom is -0.224 e. The van der Waals surface area contributed by atoms with Crippen molar-refractivity contribution in [3.05, 3.63) is 30.1 Å². The molecule has 0 heterocycles. The summed E-state index contributed by atoms with van der Waals surface area (Å²) >= 11 is 6.34. The van der Waals surface area contributed by atoms with Crippen LogP contribution in [0.2, 0.25) is 0 Å². The SMILES string of the molecule is O=S(=O)(CC(Br)CBr)c1ccccc1F. The second-order valence-corrected chi connectivity index (χ2v) is 6.91. The van der Waals surface area contributed by atoms with Crippen molar-refractivity contribution >= 4 is 41.7 Å². The van der Waals surface area contributed by atoms with E-state index in [0.29, 0.717) is 5.33 Å². The van der Waals surface area contributed by atoms with Gasteiger partial charge in [-0.1, -0.05) is 44.0 Å². The van der Waals surface area contributed by atoms with Crippen molar-refractivity contribution < 1.29 is 12.8 Å². The van der Waals surface area contributed by atoms with Gasteiger partial charge in [-0.3, -0.25) is 0 Å². The molecule has 0 radical (unpaired) electrons. The highest BCUT2D eigenvalue weighted by molar-refractivity contribution is 9.12. The van der Waals surface area contributed by atoms with E-state index < -0.39 is 15.7 Å². The molecule has 1 atom stereocenters. The Balaban J connectivity index is 3.02. The van der Waals surface area contributed by atoms with E-state index >= 15 is 0 Å². The van der Waals surface area contributed by atoms with Crippen molar-refractivity contribution in [3.8, 4) is 0 Å². The van der Waals surface area contributed by atoms with Crippen molar-refractivity contribution in [2.24, 2.45) is 0 Å². The number of sulfone groups is 1. The first-order valence-electron chi connectivity index (χ1n) is 4.14. The number of rotatable bonds is 4. The third-order valence-corrected chi connectivity index (χ3v) is 6.31. The predicted molar refractivity (Wildman–Crippen MR) is 65.0 cm³/mol. The van der Waals surface area contributed by atoms with E-state index in [4.69, 9.17) is 0 Å². The highest BCUT2D eigenvalue weighted by atomic mass is 79.9. The quantitative estimate of drug-likeness (QED) is 0.774. The van der Waals surface area contributed by atoms with E-state index in [1.165, 1.54) is 18.2 Å². The zero-order valence-corrected chi connectivity index (χ0v) is 11.6. The molecule has 0 N–H and O–H groups in total. The molecule has 84 valence electrons. The molecule has 0 spiro atoms. The van der Waals surface area contributed by atoms with Crippen LogP contribution in [0.5, 0.6) is 0 Å². The first-order valence-corrected chi connectivity index (χ1v) is 7.83. The van der Waals surface area contributed by atoms with E-state index in [2.05, 4.69) is 31.9 Å². The van der Waals surface area contributed by atoms with Crippen LogP contribution in [0.25, 0.3) is 0 Å². The minimum atomic E-state index is -3.55. The third-order valence-electron chi connectivity index (χ3n) is 1.74. The number of hydrogen-bond donors (Lipinski definition) is 0. The second-order valence-electron chi connectivity index (χ2n) is 2.96. The fraction of sp³-hybridized carbons (Fsp3) is 0.333. The number of alkyl halides is 2. The number of benzene rings is 1. The van der Waals surface area contributed by atoms with Crippen molar-refractivity contribution in [3.63, 3.8) is 0 Å². The van der Waals surface area contributed by atoms with Crippen molar-refractivity contribution in [1.82, 2.24) is 0 Å². The molecule has 0 fully saturated rings. The molecule has 0 saturated carbocycles. The Morgan fingerprint density at radius 3 is 2.47 bits per heavy atom. The van der Waals surface area contributed by atoms with Gasteiger partial charge in [0.05, 0.1) is 5.75 Å². The maximum absolute atomic E-state index is 13.2. The summed E-state index contributed by atoms with van der Waals surface area (Å²) in [7, 11) is -3.55. The molecule has 0 bridgehead atoms. The van der Waals surface area contributed by atoms with Crippen LogP contribution in [0.1, 0.15) is 0 Å². The first kappa shape index (κ1) is 13.1. The fourth-order valence-electron chi connectivity index (χ4n) is 1.07. The predicted octanol–water partition coefficient (Wildman–Crippen LogP) is 2.76. The molecule has 15 heavy (non-hydrogen) atoms. The summed E-state index contributed by atoms with van der Waals surface area (Å²) in [5.41, 5.74) is 0. The van der Waals surface area contributed by atoms with Crippen LogP contribution in [0.3, 0.4) is 0 Å². The standard InChI is InChI=1S/C9H9Br2FO2S/c10-5-7(11)6-15(13,14)9-4-2-1-3-8(9)12/h1-4,7H,5-6H2. The molecule has 0 saturated heterocycles. The fourth-order valence-corrected chi connectivity index (χ4v) is 4.07. The van der Waals surface area contributed by atoms with Gasteiger partial charge in [0, 0.05) is 10.2 Å². The van der Waals surface area contributed by atoms with Crippen molar-refractivity contribution in [2.75, 3.05) is 11.1 Å². The van der Waals surface area contributed by atoms with Gasteiger partial charge in [-0.2, -0.15) is 0 Å². The molecule has 0 aromatic heterocycles. The lowest BCUT2D eigenvalue weighted by Gasteiger charge is -2.08. The highest BCUT2D eigenvalue weighted by Crippen LogP contribution is 2.18. The Morgan fingerprint density at radius 2 is 1.93 bits per heavy atom. The molecular formula is C9H9Br2FO2S. The molecule has 1 unspecified atom stereocenters. The summed E-state index contributed by atoms with van der Waals surface area (Å²) in [6.45, 7) is 0. The number of halogens is 3. The molecule has 6 heteroatoms. The smallest absolute Gasteiger partial charge is 0.182 e. The summed E-state index contributed by atoms with van der Waals surface area (Å²) in [4.78, 5) is -0.461. The molecule has 1 aromatic carbocycles. The van der Waals surface area contributed by atoms with E-state index in [9.17, 15) is 12.8 Å². The Hall–Kier alpha value is 0.0600. The normalized spacial score (nSPS) is 13.8. The highest BCUT2D eigenvalue weighted by Gasteiger charge is 2.21. The summed E-state index contributed by atoms with van der Waals surface area (Å²) in [5.74, 6) is -0.828. The van der Waals surface area contributed by atoms with Gasteiger partial charge in [0.2, 0.25) is 0 Å². The zero-order valence-electron chi connectivity index (χ0n) is 7.66. The Bertz CT molecular complexity index is 433. The second kappa shape index (κ2) is 5.41. The average molecular weight is 360 g/mol. The average Bonchev–Trinajstić information content (AvgIpc) is 2.17. The van der Waals surface area contributed by atoms with Crippen molar-refractivity contribution in [2.45, 2.75) is 9.72 Å². The van der Waals surface area contributed by atoms with E-state index in [-0.39, 0.29) is 15.5 Å². The maximum atomic E-state index is 13.2. The zero-order chi connectivity index (χ0) is 11.5. The van der Waals surface area contributed by atoms with E-state index in [1.54, 1.807) is 0 Å². The van der Waals surface area contributed by atoms with Gasteiger partial charge in [-0.05, 0) is 12.1 Å². The molecule has 0 aliphatic rings. The van der Waals surface area contributed by atoms with Gasteiger partial charge in [-0.15, -0.1) is 0 Å². The lowest BCUT2D eigenvalue weighted by atomic mass is 10.3. The molecular weight excluding hydrogens is 351 g/mol. The van der Waals surface area contributed by atoms with Crippen LogP contribution in [0.15, 0.2) is 29.2 Å². The molecule has 0 amide bonds. The first-order chi connectivity index (χ1) is 6.97. The van der Waals surface area contributed by atoms with Crippen LogP contribution in [-0.2, 0) is 9.84 Å². The molecule has 0 aliphatic heterocycles. The maximum Gasteiger partial charge on any atom is 0.182 e. The molecule has 2 nitrogen and oxygen atoms in total. The summed E-state index contributed by atoms with van der Waals surface area (Å²) in [6.07, 6.45) is 0. The van der Waals surface area contributed by atoms with Crippen LogP contribution in [-0.4, -0.2) is 24.3 Å². The molecule has 0 aliphatic carbocycles. The van der Waals surface area contributed by atoms with E-state index in [0.717, 1.165) is 6.07 Å². The van der Waals surface area contributed by atoms with Crippen LogP contribution in [0.4, 0.5) is 4.39 Å². The molecule has 1 aromatic rings. The lowest BCUT2D eigenvalue weighted by Crippen LogP contribution is -2.18. The number of hydrogen-bond acceptors (Lipinski definition) is 2. The van der Waals surface area contributed by atoms with Crippen LogP contribution in [0, 0.1) is 5.82 Å². The van der Waals surface area contributed by atoms with E-state index in [1.807, 2.05) is 0 Å². The summed E-state index contributed by atoms with van der Waals surface area (Å²) in [5, 5.41) is 0.501. The van der Waals surface area contributed by atoms with Gasteiger partial charge >= 0.3 is 0 Å². The van der Waals surface area contributed by atoms with Crippen molar-refractivity contribution in [1.29, 1.82) is 0 Å². The Labute approximate surface area is 105 Å². The van der Waals surface area contributed by atoms with Crippen LogP contribution >= 0.6 is 31.9 Å². The van der Waals surface area contributed by atoms with Gasteiger partial charge < -0.3 is 0 Å². The van der Waals surface area contributed by atoms with Gasteiger partial charge in [-0.25, -0.2) is 12.8 Å². The van der Waals surface area contributed by atoms with Gasteiger partial charge in [0.15, 0.2) is 9.84 Å². The summed E-state index contributed by atoms with van der Waals surface area (Å²) in [6, 6.07) is 5.39. The van der Waals surface area contributed by atoms with Gasteiger partial charge in [0.25, 0.3) is 0 Å². The Kier molecular flexibility index (Phi) is 4.73. The topological polar surface area (TPSA) is 34.1 Å². The monoisotopic (exact) mass is 358 g/mol. The van der Waals surface area contributed by atoms with Gasteiger partial charge in [0.1, 0.15) is 10.7 Å².